The average Bonchev–Trinajstić information content (AvgIpc) is 2.53. The molecule has 0 N–H and O–H groups in total. The van der Waals surface area contributed by atoms with Gasteiger partial charge in [0.25, 0.3) is 0 Å². The maximum atomic E-state index is 12.5. The Labute approximate surface area is 131 Å². The second-order valence-electron chi connectivity index (χ2n) is 4.84. The summed E-state index contributed by atoms with van der Waals surface area (Å²) in [6.07, 6.45) is 4.46. The molecule has 1 fully saturated rings. The van der Waals surface area contributed by atoms with Gasteiger partial charge in [0.15, 0.2) is 0 Å². The highest BCUT2D eigenvalue weighted by molar-refractivity contribution is 7.99. The van der Waals surface area contributed by atoms with Crippen molar-refractivity contribution in [1.82, 2.24) is 9.29 Å². The number of piperidine rings is 1. The fraction of sp³-hybridized carbons (Fsp3) is 0.643. The Morgan fingerprint density at radius 2 is 2.05 bits per heavy atom. The Morgan fingerprint density at radius 1 is 1.29 bits per heavy atom. The van der Waals surface area contributed by atoms with Crippen molar-refractivity contribution < 1.29 is 13.2 Å². The van der Waals surface area contributed by atoms with Gasteiger partial charge in [-0.2, -0.15) is 4.31 Å². The van der Waals surface area contributed by atoms with E-state index in [0.29, 0.717) is 31.2 Å². The Morgan fingerprint density at radius 3 is 2.67 bits per heavy atom. The Hall–Kier alpha value is -0.630. The predicted octanol–water partition coefficient (Wildman–Crippen LogP) is 2.38. The van der Waals surface area contributed by atoms with E-state index in [1.54, 1.807) is 28.2 Å². The number of rotatable bonds is 7. The van der Waals surface area contributed by atoms with Crippen LogP contribution in [0.3, 0.4) is 0 Å². The summed E-state index contributed by atoms with van der Waals surface area (Å²) in [5, 5.41) is 0.826. The van der Waals surface area contributed by atoms with Crippen molar-refractivity contribution in [2.75, 3.05) is 32.1 Å². The summed E-state index contributed by atoms with van der Waals surface area (Å²) in [5.41, 5.74) is 0. The van der Waals surface area contributed by atoms with Crippen molar-refractivity contribution in [2.45, 2.75) is 36.1 Å². The molecule has 0 saturated carbocycles. The first kappa shape index (κ1) is 16.7. The van der Waals surface area contributed by atoms with E-state index in [4.69, 9.17) is 4.74 Å². The number of hydrogen-bond acceptors (Lipinski definition) is 5. The topological polar surface area (TPSA) is 59.5 Å². The Balaban J connectivity index is 1.97. The lowest BCUT2D eigenvalue weighted by molar-refractivity contribution is 0.164. The highest BCUT2D eigenvalue weighted by Crippen LogP contribution is 2.22. The summed E-state index contributed by atoms with van der Waals surface area (Å²) in [6, 6.07) is 3.42. The van der Waals surface area contributed by atoms with Gasteiger partial charge in [0.05, 0.1) is 11.6 Å². The van der Waals surface area contributed by atoms with Gasteiger partial charge in [0, 0.05) is 31.6 Å². The van der Waals surface area contributed by atoms with Crippen LogP contribution < -0.4 is 0 Å². The van der Waals surface area contributed by atoms with E-state index < -0.39 is 10.0 Å². The fourth-order valence-electron chi connectivity index (χ4n) is 2.21. The lowest BCUT2D eigenvalue weighted by Crippen LogP contribution is -2.35. The minimum absolute atomic E-state index is 0.290. The van der Waals surface area contributed by atoms with Crippen LogP contribution in [-0.2, 0) is 14.8 Å². The zero-order valence-electron chi connectivity index (χ0n) is 12.3. The van der Waals surface area contributed by atoms with Crippen molar-refractivity contribution >= 4 is 21.8 Å². The number of thioether (sulfide) groups is 1. The molecule has 0 unspecified atom stereocenters. The minimum Gasteiger partial charge on any atom is -0.381 e. The summed E-state index contributed by atoms with van der Waals surface area (Å²) in [6.45, 7) is 4.58. The maximum Gasteiger partial charge on any atom is 0.244 e. The minimum atomic E-state index is -3.37. The van der Waals surface area contributed by atoms with Crippen molar-refractivity contribution in [3.05, 3.63) is 18.3 Å². The molecule has 0 aromatic carbocycles. The van der Waals surface area contributed by atoms with E-state index in [0.717, 1.165) is 30.0 Å². The van der Waals surface area contributed by atoms with Gasteiger partial charge in [-0.05, 0) is 31.9 Å². The second kappa shape index (κ2) is 8.12. The molecule has 118 valence electrons. The molecule has 2 rings (SSSR count). The number of sulfonamides is 1. The Kier molecular flexibility index (Phi) is 6.47. The van der Waals surface area contributed by atoms with Gasteiger partial charge in [-0.15, -0.1) is 11.8 Å². The quantitative estimate of drug-likeness (QED) is 0.567. The fourth-order valence-corrected chi connectivity index (χ4v) is 4.37. The van der Waals surface area contributed by atoms with Crippen LogP contribution in [0.25, 0.3) is 0 Å². The van der Waals surface area contributed by atoms with Crippen LogP contribution in [0.1, 0.15) is 26.2 Å². The van der Waals surface area contributed by atoms with Crippen LogP contribution in [-0.4, -0.2) is 49.8 Å². The van der Waals surface area contributed by atoms with E-state index in [2.05, 4.69) is 4.98 Å². The lowest BCUT2D eigenvalue weighted by Gasteiger charge is -2.25. The van der Waals surface area contributed by atoms with Gasteiger partial charge in [0.2, 0.25) is 10.0 Å². The molecular weight excluding hydrogens is 308 g/mol. The van der Waals surface area contributed by atoms with E-state index >= 15 is 0 Å². The summed E-state index contributed by atoms with van der Waals surface area (Å²) in [4.78, 5) is 4.53. The van der Waals surface area contributed by atoms with Crippen molar-refractivity contribution in [2.24, 2.45) is 0 Å². The average molecular weight is 330 g/mol. The summed E-state index contributed by atoms with van der Waals surface area (Å²) in [5.74, 6) is 0.819. The number of hydrogen-bond donors (Lipinski definition) is 0. The maximum absolute atomic E-state index is 12.5. The number of ether oxygens (including phenoxy) is 1. The van der Waals surface area contributed by atoms with Crippen LogP contribution in [0.2, 0.25) is 0 Å². The van der Waals surface area contributed by atoms with Crippen LogP contribution in [0, 0.1) is 0 Å². The van der Waals surface area contributed by atoms with Crippen LogP contribution in [0.4, 0.5) is 0 Å². The number of pyridine rings is 1. The normalized spacial score (nSPS) is 17.0. The van der Waals surface area contributed by atoms with Gasteiger partial charge >= 0.3 is 0 Å². The molecule has 0 atom stereocenters. The van der Waals surface area contributed by atoms with Gasteiger partial charge < -0.3 is 4.74 Å². The molecule has 0 amide bonds. The SMILES string of the molecule is CCOCCSc1ccc(S(=O)(=O)N2CCCCC2)cn1. The molecule has 1 aliphatic heterocycles. The largest absolute Gasteiger partial charge is 0.381 e. The third-order valence-electron chi connectivity index (χ3n) is 3.34. The lowest BCUT2D eigenvalue weighted by atomic mass is 10.2. The van der Waals surface area contributed by atoms with Crippen molar-refractivity contribution in [3.8, 4) is 0 Å². The smallest absolute Gasteiger partial charge is 0.244 e. The molecule has 2 heterocycles. The van der Waals surface area contributed by atoms with Gasteiger partial charge in [-0.1, -0.05) is 6.42 Å². The van der Waals surface area contributed by atoms with E-state index in [1.807, 2.05) is 6.92 Å². The van der Waals surface area contributed by atoms with Crippen molar-refractivity contribution in [1.29, 1.82) is 0 Å². The zero-order valence-corrected chi connectivity index (χ0v) is 14.0. The third kappa shape index (κ3) is 4.67. The summed E-state index contributed by atoms with van der Waals surface area (Å²) < 4.78 is 31.7. The predicted molar refractivity (Wildman–Crippen MR) is 84.1 cm³/mol. The molecule has 1 aliphatic rings. The zero-order chi connectivity index (χ0) is 15.1. The van der Waals surface area contributed by atoms with Gasteiger partial charge in [-0.25, -0.2) is 13.4 Å². The molecule has 1 aromatic heterocycles. The van der Waals surface area contributed by atoms with E-state index in [-0.39, 0.29) is 0 Å². The first-order chi connectivity index (χ1) is 10.1. The molecule has 21 heavy (non-hydrogen) atoms. The molecule has 5 nitrogen and oxygen atoms in total. The van der Waals surface area contributed by atoms with Gasteiger partial charge in [0.1, 0.15) is 4.90 Å². The van der Waals surface area contributed by atoms with Gasteiger partial charge in [-0.3, -0.25) is 0 Å². The number of aromatic nitrogens is 1. The molecule has 1 aromatic rings. The highest BCUT2D eigenvalue weighted by Gasteiger charge is 2.25. The first-order valence-electron chi connectivity index (χ1n) is 7.31. The van der Waals surface area contributed by atoms with E-state index in [9.17, 15) is 8.42 Å². The Bertz CT molecular complexity index is 526. The summed E-state index contributed by atoms with van der Waals surface area (Å²) in [7, 11) is -3.37. The third-order valence-corrected chi connectivity index (χ3v) is 6.13. The van der Waals surface area contributed by atoms with Crippen LogP contribution in [0.15, 0.2) is 28.3 Å². The number of nitrogens with zero attached hydrogens (tertiary/aromatic N) is 2. The molecule has 0 bridgehead atoms. The summed E-state index contributed by atoms with van der Waals surface area (Å²) >= 11 is 1.57. The van der Waals surface area contributed by atoms with Crippen LogP contribution in [0.5, 0.6) is 0 Å². The highest BCUT2D eigenvalue weighted by atomic mass is 32.2. The van der Waals surface area contributed by atoms with Crippen LogP contribution >= 0.6 is 11.8 Å². The van der Waals surface area contributed by atoms with Crippen molar-refractivity contribution in [3.63, 3.8) is 0 Å². The first-order valence-corrected chi connectivity index (χ1v) is 9.74. The molecular formula is C14H22N2O3S2. The standard InChI is InChI=1S/C14H22N2O3S2/c1-2-19-10-11-20-14-7-6-13(12-15-14)21(17,18)16-8-4-3-5-9-16/h6-7,12H,2-5,8-11H2,1H3. The molecule has 0 aliphatic carbocycles. The molecule has 0 spiro atoms. The second-order valence-corrected chi connectivity index (χ2v) is 7.90. The molecule has 0 radical (unpaired) electrons. The van der Waals surface area contributed by atoms with E-state index in [1.165, 1.54) is 6.20 Å². The molecule has 7 heteroatoms. The molecule has 1 saturated heterocycles. The monoisotopic (exact) mass is 330 g/mol.